The summed E-state index contributed by atoms with van der Waals surface area (Å²) in [5, 5.41) is 17.2. The van der Waals surface area contributed by atoms with Gasteiger partial charge in [-0.25, -0.2) is 4.68 Å². The van der Waals surface area contributed by atoms with Crippen molar-refractivity contribution >= 4 is 5.91 Å². The van der Waals surface area contributed by atoms with Crippen LogP contribution < -0.4 is 5.32 Å². The van der Waals surface area contributed by atoms with Gasteiger partial charge in [-0.15, -0.1) is 0 Å². The van der Waals surface area contributed by atoms with Crippen molar-refractivity contribution in [3.8, 4) is 5.69 Å². The molecule has 0 saturated heterocycles. The van der Waals surface area contributed by atoms with Gasteiger partial charge in [0.2, 0.25) is 5.91 Å². The molecule has 0 fully saturated rings. The smallest absolute Gasteiger partial charge is 0.224 e. The van der Waals surface area contributed by atoms with E-state index in [4.69, 9.17) is 0 Å². The van der Waals surface area contributed by atoms with Gasteiger partial charge in [0.1, 0.15) is 0 Å². The number of carbonyl (C=O) groups excluding carboxylic acids is 1. The van der Waals surface area contributed by atoms with E-state index in [9.17, 15) is 9.90 Å². The van der Waals surface area contributed by atoms with Gasteiger partial charge < -0.3 is 10.4 Å². The van der Waals surface area contributed by atoms with Crippen molar-refractivity contribution in [3.63, 3.8) is 0 Å². The van der Waals surface area contributed by atoms with Crippen molar-refractivity contribution in [3.05, 3.63) is 83.7 Å². The minimum atomic E-state index is -0.702. The molecule has 0 bridgehead atoms. The second kappa shape index (κ2) is 7.77. The molecule has 0 aliphatic rings. The summed E-state index contributed by atoms with van der Waals surface area (Å²) >= 11 is 0. The molecule has 2 aromatic carbocycles. The van der Waals surface area contributed by atoms with E-state index in [1.54, 1.807) is 10.9 Å². The van der Waals surface area contributed by atoms with Crippen molar-refractivity contribution in [2.75, 3.05) is 6.54 Å². The number of aliphatic hydroxyl groups excluding tert-OH is 1. The molecule has 1 unspecified atom stereocenters. The van der Waals surface area contributed by atoms with Gasteiger partial charge in [0.25, 0.3) is 0 Å². The molecule has 0 radical (unpaired) electrons. The number of nitrogens with one attached hydrogen (secondary N) is 1. The van der Waals surface area contributed by atoms with Gasteiger partial charge in [-0.3, -0.25) is 4.79 Å². The quantitative estimate of drug-likeness (QED) is 0.727. The van der Waals surface area contributed by atoms with Crippen LogP contribution >= 0.6 is 0 Å². The molecule has 0 saturated carbocycles. The summed E-state index contributed by atoms with van der Waals surface area (Å²) in [6.07, 6.45) is 3.17. The maximum absolute atomic E-state index is 12.1. The van der Waals surface area contributed by atoms with E-state index < -0.39 is 6.10 Å². The van der Waals surface area contributed by atoms with E-state index in [1.165, 1.54) is 0 Å². The van der Waals surface area contributed by atoms with E-state index in [1.807, 2.05) is 67.7 Å². The molecule has 1 heterocycles. The van der Waals surface area contributed by atoms with Crippen LogP contribution in [0, 0.1) is 6.92 Å². The number of amides is 1. The summed E-state index contributed by atoms with van der Waals surface area (Å²) in [7, 11) is 0. The highest BCUT2D eigenvalue weighted by molar-refractivity contribution is 5.78. The Morgan fingerprint density at radius 1 is 1.16 bits per heavy atom. The highest BCUT2D eigenvalue weighted by Crippen LogP contribution is 2.16. The van der Waals surface area contributed by atoms with E-state index in [2.05, 4.69) is 10.4 Å². The van der Waals surface area contributed by atoms with Crippen LogP contribution in [0.2, 0.25) is 0 Å². The first-order valence-electron chi connectivity index (χ1n) is 8.23. The molecule has 3 rings (SSSR count). The Balaban J connectivity index is 1.53. The Morgan fingerprint density at radius 2 is 1.92 bits per heavy atom. The maximum Gasteiger partial charge on any atom is 0.224 e. The zero-order chi connectivity index (χ0) is 17.6. The third kappa shape index (κ3) is 4.33. The standard InChI is InChI=1S/C20H21N3O2/c1-15-5-2-3-6-18(15)19(24)14-21-20(25)13-16-7-9-17(10-8-16)23-12-4-11-22-23/h2-12,19,24H,13-14H2,1H3,(H,21,25). The van der Waals surface area contributed by atoms with Gasteiger partial charge in [-0.05, 0) is 41.8 Å². The van der Waals surface area contributed by atoms with Crippen LogP contribution in [0.4, 0.5) is 0 Å². The fourth-order valence-electron chi connectivity index (χ4n) is 2.72. The lowest BCUT2D eigenvalue weighted by Crippen LogP contribution is -2.29. The van der Waals surface area contributed by atoms with Crippen LogP contribution in [-0.2, 0) is 11.2 Å². The molecule has 5 nitrogen and oxygen atoms in total. The molecule has 0 spiro atoms. The van der Waals surface area contributed by atoms with Gasteiger partial charge >= 0.3 is 0 Å². The van der Waals surface area contributed by atoms with Crippen molar-refractivity contribution in [2.45, 2.75) is 19.4 Å². The molecular weight excluding hydrogens is 314 g/mol. The van der Waals surface area contributed by atoms with Crippen LogP contribution in [0.3, 0.4) is 0 Å². The van der Waals surface area contributed by atoms with Gasteiger partial charge in [-0.1, -0.05) is 36.4 Å². The maximum atomic E-state index is 12.1. The van der Waals surface area contributed by atoms with Crippen LogP contribution in [0.1, 0.15) is 22.8 Å². The van der Waals surface area contributed by atoms with Gasteiger partial charge in [0, 0.05) is 18.9 Å². The van der Waals surface area contributed by atoms with E-state index >= 15 is 0 Å². The molecule has 25 heavy (non-hydrogen) atoms. The number of nitrogens with zero attached hydrogens (tertiary/aromatic N) is 2. The van der Waals surface area contributed by atoms with Crippen molar-refractivity contribution < 1.29 is 9.90 Å². The van der Waals surface area contributed by atoms with E-state index in [0.29, 0.717) is 0 Å². The lowest BCUT2D eigenvalue weighted by molar-refractivity contribution is -0.120. The first-order chi connectivity index (χ1) is 12.1. The number of benzene rings is 2. The van der Waals surface area contributed by atoms with Crippen LogP contribution in [0.25, 0.3) is 5.69 Å². The van der Waals surface area contributed by atoms with Crippen molar-refractivity contribution in [1.82, 2.24) is 15.1 Å². The molecule has 5 heteroatoms. The third-order valence-corrected chi connectivity index (χ3v) is 4.11. The third-order valence-electron chi connectivity index (χ3n) is 4.11. The van der Waals surface area contributed by atoms with Gasteiger partial charge in [0.15, 0.2) is 0 Å². The Labute approximate surface area is 146 Å². The summed E-state index contributed by atoms with van der Waals surface area (Å²) in [6.45, 7) is 2.15. The summed E-state index contributed by atoms with van der Waals surface area (Å²) in [5.41, 5.74) is 3.72. The molecule has 3 aromatic rings. The molecule has 1 amide bonds. The molecule has 1 atom stereocenters. The van der Waals surface area contributed by atoms with Gasteiger partial charge in [0.05, 0.1) is 18.2 Å². The molecule has 2 N–H and O–H groups in total. The average Bonchev–Trinajstić information content (AvgIpc) is 3.15. The number of aryl methyl sites for hydroxylation is 1. The molecule has 1 aromatic heterocycles. The molecular formula is C20H21N3O2. The Kier molecular flexibility index (Phi) is 5.26. The number of aromatic nitrogens is 2. The Hall–Kier alpha value is -2.92. The predicted octanol–water partition coefficient (Wildman–Crippen LogP) is 2.57. The second-order valence-corrected chi connectivity index (χ2v) is 5.97. The van der Waals surface area contributed by atoms with Crippen molar-refractivity contribution in [2.24, 2.45) is 0 Å². The number of carbonyl (C=O) groups is 1. The number of hydrogen-bond donors (Lipinski definition) is 2. The Bertz CT molecular complexity index is 826. The number of aliphatic hydroxyl groups is 1. The lowest BCUT2D eigenvalue weighted by atomic mass is 10.0. The first kappa shape index (κ1) is 16.9. The largest absolute Gasteiger partial charge is 0.387 e. The topological polar surface area (TPSA) is 67.2 Å². The van der Waals surface area contributed by atoms with Crippen LogP contribution in [0.15, 0.2) is 67.0 Å². The molecule has 0 aliphatic heterocycles. The Morgan fingerprint density at radius 3 is 2.60 bits per heavy atom. The summed E-state index contributed by atoms with van der Waals surface area (Å²) in [4.78, 5) is 12.1. The summed E-state index contributed by atoms with van der Waals surface area (Å²) < 4.78 is 1.77. The zero-order valence-electron chi connectivity index (χ0n) is 14.1. The van der Waals surface area contributed by atoms with Crippen LogP contribution in [-0.4, -0.2) is 27.3 Å². The minimum absolute atomic E-state index is 0.112. The number of hydrogen-bond acceptors (Lipinski definition) is 3. The fraction of sp³-hybridized carbons (Fsp3) is 0.200. The monoisotopic (exact) mass is 335 g/mol. The van der Waals surface area contributed by atoms with Crippen LogP contribution in [0.5, 0.6) is 0 Å². The number of rotatable bonds is 6. The minimum Gasteiger partial charge on any atom is -0.387 e. The van der Waals surface area contributed by atoms with E-state index in [-0.39, 0.29) is 18.9 Å². The average molecular weight is 335 g/mol. The molecule has 0 aliphatic carbocycles. The summed E-state index contributed by atoms with van der Waals surface area (Å²) in [6, 6.07) is 17.2. The van der Waals surface area contributed by atoms with Gasteiger partial charge in [-0.2, -0.15) is 5.10 Å². The zero-order valence-corrected chi connectivity index (χ0v) is 14.1. The normalized spacial score (nSPS) is 11.9. The summed E-state index contributed by atoms with van der Waals surface area (Å²) in [5.74, 6) is -0.112. The fourth-order valence-corrected chi connectivity index (χ4v) is 2.72. The first-order valence-corrected chi connectivity index (χ1v) is 8.23. The SMILES string of the molecule is Cc1ccccc1C(O)CNC(=O)Cc1ccc(-n2cccn2)cc1. The van der Waals surface area contributed by atoms with Crippen molar-refractivity contribution in [1.29, 1.82) is 0 Å². The molecule has 128 valence electrons. The second-order valence-electron chi connectivity index (χ2n) is 5.97. The lowest BCUT2D eigenvalue weighted by Gasteiger charge is -2.14. The highest BCUT2D eigenvalue weighted by Gasteiger charge is 2.11. The predicted molar refractivity (Wildman–Crippen MR) is 96.4 cm³/mol. The van der Waals surface area contributed by atoms with E-state index in [0.717, 1.165) is 22.4 Å². The highest BCUT2D eigenvalue weighted by atomic mass is 16.3.